The lowest BCUT2D eigenvalue weighted by Gasteiger charge is -2.64. The van der Waals surface area contributed by atoms with Crippen LogP contribution in [0, 0.1) is 23.2 Å². The van der Waals surface area contributed by atoms with Crippen molar-refractivity contribution in [2.45, 2.75) is 119 Å². The summed E-state index contributed by atoms with van der Waals surface area (Å²) in [6.07, 6.45) is 8.54. The number of unbranched alkanes of at least 4 members (excludes halogenated alkanes) is 1. The van der Waals surface area contributed by atoms with Crippen LogP contribution in [-0.2, 0) is 35.0 Å². The summed E-state index contributed by atoms with van der Waals surface area (Å²) >= 11 is 0. The van der Waals surface area contributed by atoms with Crippen LogP contribution in [0.5, 0.6) is 0 Å². The average Bonchev–Trinajstić information content (AvgIpc) is 3.36. The van der Waals surface area contributed by atoms with Gasteiger partial charge in [-0.2, -0.15) is 0 Å². The normalized spacial score (nSPS) is 23.3. The standard InChI is InChI=1S/C12H19NO.C11H17BO3.C8H17NO.C2H4O.C2H6/c1-13-9-5-6-10-14-11-12-7-3-2-4-8-12;1-10(2)7-4-8(10)11(3)9(5-7)14-12(6-13)15-11;1-7(2)5-4-6-9-8(3)10;1-2-3;1-2/h2-4,7-8,13H,5-6,9-11H2,1H3;6-9H,4-5H2,1-3H3;7H,4-6H2,1-3H3,(H,9,10);2H,1H3;1-2H3/t;7?,8?,9?,11-;;;/m.0.../s1. The van der Waals surface area contributed by atoms with Gasteiger partial charge in [-0.3, -0.25) is 4.79 Å². The number of nitrogens with one attached hydrogen (secondary N) is 2. The fourth-order valence-electron chi connectivity index (χ4n) is 6.00. The van der Waals surface area contributed by atoms with E-state index in [-0.39, 0.29) is 17.6 Å². The quantitative estimate of drug-likeness (QED) is 0.157. The van der Waals surface area contributed by atoms with Crippen molar-refractivity contribution in [3.8, 4) is 0 Å². The second kappa shape index (κ2) is 23.3. The van der Waals surface area contributed by atoms with Crippen molar-refractivity contribution in [3.05, 3.63) is 35.9 Å². The molecule has 4 atom stereocenters. The zero-order chi connectivity index (χ0) is 33.6. The summed E-state index contributed by atoms with van der Waals surface area (Å²) in [6, 6.07) is 10.3. The Balaban J connectivity index is 0.000000598. The molecule has 3 unspecified atom stereocenters. The molecule has 3 aliphatic carbocycles. The Morgan fingerprint density at radius 1 is 1.07 bits per heavy atom. The summed E-state index contributed by atoms with van der Waals surface area (Å²) in [5.41, 5.74) is 1.37. The fraction of sp³-hybridized carbons (Fsp3) is 0.743. The Morgan fingerprint density at radius 3 is 2.23 bits per heavy atom. The monoisotopic (exact) mass is 618 g/mol. The van der Waals surface area contributed by atoms with E-state index in [1.807, 2.05) is 39.1 Å². The van der Waals surface area contributed by atoms with E-state index in [4.69, 9.17) is 18.8 Å². The van der Waals surface area contributed by atoms with E-state index < -0.39 is 7.12 Å². The molecule has 9 heteroatoms. The maximum atomic E-state index is 10.7. The molecule has 8 nitrogen and oxygen atoms in total. The zero-order valence-electron chi connectivity index (χ0n) is 29.4. The minimum absolute atomic E-state index is 0.0729. The summed E-state index contributed by atoms with van der Waals surface area (Å²) < 4.78 is 17.0. The molecule has 3 saturated carbocycles. The summed E-state index contributed by atoms with van der Waals surface area (Å²) in [5, 5.41) is 5.88. The van der Waals surface area contributed by atoms with Gasteiger partial charge in [-0.05, 0) is 94.7 Å². The van der Waals surface area contributed by atoms with E-state index in [9.17, 15) is 9.59 Å². The molecule has 2 N–H and O–H groups in total. The van der Waals surface area contributed by atoms with Gasteiger partial charge in [0.2, 0.25) is 5.91 Å². The lowest BCUT2D eigenvalue weighted by atomic mass is 9.43. The number of hydrogen-bond donors (Lipinski definition) is 2. The largest absolute Gasteiger partial charge is 0.529 e. The number of carbonyl (C=O) groups excluding carboxylic acids is 3. The first-order valence-electron chi connectivity index (χ1n) is 16.6. The maximum Gasteiger partial charge on any atom is 0.529 e. The highest BCUT2D eigenvalue weighted by molar-refractivity contribution is 6.74. The molecule has 44 heavy (non-hydrogen) atoms. The topological polar surface area (TPSA) is 103 Å². The van der Waals surface area contributed by atoms with E-state index >= 15 is 0 Å². The minimum Gasteiger partial charge on any atom is -0.400 e. The van der Waals surface area contributed by atoms with Crippen LogP contribution in [0.15, 0.2) is 30.3 Å². The Morgan fingerprint density at radius 2 is 1.70 bits per heavy atom. The van der Waals surface area contributed by atoms with Crippen molar-refractivity contribution in [1.82, 2.24) is 10.6 Å². The summed E-state index contributed by atoms with van der Waals surface area (Å²) in [6.45, 7) is 21.6. The SMILES string of the molecule is CC.CC(=O)NCCCC(C)C.CC1(C)C2CC3OB(C=O)O[C@@]3(C)C1C2.CC=O.CNCCCCOCc1ccccc1. The van der Waals surface area contributed by atoms with Gasteiger partial charge in [-0.15, -0.1) is 0 Å². The van der Waals surface area contributed by atoms with Crippen molar-refractivity contribution in [2.75, 3.05) is 26.7 Å². The van der Waals surface area contributed by atoms with E-state index in [1.54, 1.807) is 6.92 Å². The lowest BCUT2D eigenvalue weighted by molar-refractivity contribution is -0.199. The van der Waals surface area contributed by atoms with Crippen molar-refractivity contribution in [1.29, 1.82) is 0 Å². The van der Waals surface area contributed by atoms with Gasteiger partial charge in [0, 0.05) is 20.1 Å². The van der Waals surface area contributed by atoms with Gasteiger partial charge in [-0.25, -0.2) is 0 Å². The highest BCUT2D eigenvalue weighted by atomic mass is 16.7. The van der Waals surface area contributed by atoms with Crippen LogP contribution in [0.3, 0.4) is 0 Å². The van der Waals surface area contributed by atoms with Crippen molar-refractivity contribution in [2.24, 2.45) is 23.2 Å². The summed E-state index contributed by atoms with van der Waals surface area (Å²) in [4.78, 5) is 29.9. The minimum atomic E-state index is -0.629. The van der Waals surface area contributed by atoms with Crippen LogP contribution < -0.4 is 10.6 Å². The highest BCUT2D eigenvalue weighted by Crippen LogP contribution is 2.65. The first-order valence-corrected chi connectivity index (χ1v) is 16.6. The number of rotatable bonds is 12. The lowest BCUT2D eigenvalue weighted by Crippen LogP contribution is -2.65. The first kappa shape index (κ1) is 41.9. The van der Waals surface area contributed by atoms with Gasteiger partial charge in [0.15, 0.2) is 6.19 Å². The summed E-state index contributed by atoms with van der Waals surface area (Å²) in [5.74, 6) is 2.10. The van der Waals surface area contributed by atoms with E-state index in [0.29, 0.717) is 11.3 Å². The number of benzene rings is 1. The number of hydrogen-bond acceptors (Lipinski definition) is 7. The van der Waals surface area contributed by atoms with E-state index in [0.717, 1.165) is 69.9 Å². The van der Waals surface area contributed by atoms with Crippen LogP contribution in [0.4, 0.5) is 0 Å². The number of amides is 1. The summed E-state index contributed by atoms with van der Waals surface area (Å²) in [7, 11) is 1.35. The van der Waals surface area contributed by atoms with Crippen molar-refractivity contribution >= 4 is 25.5 Å². The molecule has 0 aromatic heterocycles. The molecule has 0 radical (unpaired) electrons. The molecule has 4 fully saturated rings. The molecule has 1 heterocycles. The fourth-order valence-corrected chi connectivity index (χ4v) is 6.00. The van der Waals surface area contributed by atoms with Gasteiger partial charge in [-0.1, -0.05) is 71.9 Å². The van der Waals surface area contributed by atoms with Crippen LogP contribution in [0.1, 0.15) is 106 Å². The van der Waals surface area contributed by atoms with E-state index in [1.165, 1.54) is 31.7 Å². The predicted molar refractivity (Wildman–Crippen MR) is 182 cm³/mol. The maximum absolute atomic E-state index is 10.7. The molecule has 1 aliphatic heterocycles. The molecule has 4 aliphatic rings. The number of aldehydes is 1. The van der Waals surface area contributed by atoms with Gasteiger partial charge >= 0.3 is 7.12 Å². The number of carbonyl (C=O) groups is 3. The Kier molecular flexibility index (Phi) is 22.2. The van der Waals surface area contributed by atoms with Crippen LogP contribution in [0.2, 0.25) is 0 Å². The molecule has 1 aromatic carbocycles. The van der Waals surface area contributed by atoms with Gasteiger partial charge in [0.05, 0.1) is 18.3 Å². The Hall–Kier alpha value is -2.07. The molecule has 1 saturated heterocycles. The molecule has 252 valence electrons. The molecule has 1 aromatic rings. The van der Waals surface area contributed by atoms with Gasteiger partial charge < -0.3 is 34.3 Å². The molecule has 5 rings (SSSR count). The molecular formula is C35H63BN2O6. The average molecular weight is 619 g/mol. The molecule has 1 amide bonds. The smallest absolute Gasteiger partial charge is 0.400 e. The predicted octanol–water partition coefficient (Wildman–Crippen LogP) is 6.48. The van der Waals surface area contributed by atoms with Crippen LogP contribution in [-0.4, -0.2) is 63.9 Å². The van der Waals surface area contributed by atoms with Crippen LogP contribution in [0.25, 0.3) is 0 Å². The molecular weight excluding hydrogens is 555 g/mol. The third kappa shape index (κ3) is 14.8. The second-order valence-electron chi connectivity index (χ2n) is 12.6. The Bertz CT molecular complexity index is 900. The highest BCUT2D eigenvalue weighted by Gasteiger charge is 2.67. The van der Waals surface area contributed by atoms with Gasteiger partial charge in [0.1, 0.15) is 6.29 Å². The van der Waals surface area contributed by atoms with Crippen LogP contribution >= 0.6 is 0 Å². The Labute approximate surface area is 269 Å². The first-order chi connectivity index (χ1) is 21.0. The van der Waals surface area contributed by atoms with Crippen molar-refractivity contribution in [3.63, 3.8) is 0 Å². The third-order valence-corrected chi connectivity index (χ3v) is 8.49. The second-order valence-corrected chi connectivity index (χ2v) is 12.6. The van der Waals surface area contributed by atoms with Crippen molar-refractivity contribution < 1.29 is 28.4 Å². The molecule has 0 spiro atoms. The van der Waals surface area contributed by atoms with Gasteiger partial charge in [0.25, 0.3) is 0 Å². The molecule has 2 bridgehead atoms. The van der Waals surface area contributed by atoms with E-state index in [2.05, 4.69) is 57.4 Å². The zero-order valence-corrected chi connectivity index (χ0v) is 29.4. The third-order valence-electron chi connectivity index (χ3n) is 8.49. The number of ether oxygens (including phenoxy) is 1.